The molecule has 0 bridgehead atoms. The van der Waals surface area contributed by atoms with E-state index in [2.05, 4.69) is 9.88 Å². The number of H-pyrrole nitrogens is 1. The number of methoxy groups -OCH3 is 2. The lowest BCUT2D eigenvalue weighted by Crippen LogP contribution is -2.46. The van der Waals surface area contributed by atoms with Gasteiger partial charge in [0.1, 0.15) is 5.75 Å². The first-order valence-electron chi connectivity index (χ1n) is 12.6. The summed E-state index contributed by atoms with van der Waals surface area (Å²) in [5, 5.41) is 10.6. The minimum absolute atomic E-state index is 0.0270. The van der Waals surface area contributed by atoms with Crippen LogP contribution in [0, 0.1) is 11.8 Å². The highest BCUT2D eigenvalue weighted by molar-refractivity contribution is 5.91. The molecule has 0 saturated carbocycles. The first-order valence-corrected chi connectivity index (χ1v) is 9.55. The number of nitrogens with zero attached hydrogens (tertiary/aromatic N) is 1. The fourth-order valence-electron chi connectivity index (χ4n) is 5.03. The summed E-state index contributed by atoms with van der Waals surface area (Å²) in [7, 11) is -5.30. The van der Waals surface area contributed by atoms with E-state index in [1.165, 1.54) is 0 Å². The topological polar surface area (TPSA) is 74.8 Å². The molecule has 1 fully saturated rings. The summed E-state index contributed by atoms with van der Waals surface area (Å²) >= 11 is 0. The Morgan fingerprint density at radius 1 is 1.46 bits per heavy atom. The standard InChI is InChI=1S/C22H28N2O4/c1-4-13-11-24-9-8-14-20-17(6-5-7-19(20)28-3)23-21(14)18(24)10-15(13)16(12-27-2)22(25)26/h5-7,12-13,15,18,23H,4,8-11H2,1-3H3,(H,25,26)/b16-12+/t13-,15+,18+/m1/s1/i2D3,3D3. The number of aromatic amines is 1. The van der Waals surface area contributed by atoms with Crippen molar-refractivity contribution in [3.8, 4) is 5.75 Å². The number of nitrogens with one attached hydrogen (secondary N) is 1. The van der Waals surface area contributed by atoms with E-state index in [4.69, 9.17) is 17.7 Å². The fourth-order valence-corrected chi connectivity index (χ4v) is 5.03. The van der Waals surface area contributed by atoms with E-state index in [1.807, 2.05) is 13.0 Å². The van der Waals surface area contributed by atoms with Gasteiger partial charge in [-0.3, -0.25) is 4.90 Å². The number of benzene rings is 1. The SMILES string of the molecule is [2H]C([2H])([2H])O/C=C(/C(=O)O)[C@H]1C[C@H]2c3[nH]c4cccc(OC([2H])([2H])[2H])c4c3CCN2C[C@H]1CC. The van der Waals surface area contributed by atoms with Crippen LogP contribution < -0.4 is 4.74 Å². The Bertz CT molecular complexity index is 1110. The van der Waals surface area contributed by atoms with Crippen molar-refractivity contribution in [1.29, 1.82) is 0 Å². The monoisotopic (exact) mass is 390 g/mol. The van der Waals surface area contributed by atoms with Crippen LogP contribution >= 0.6 is 0 Å². The van der Waals surface area contributed by atoms with Crippen LogP contribution in [0.25, 0.3) is 10.9 Å². The quantitative estimate of drug-likeness (QED) is 0.601. The van der Waals surface area contributed by atoms with Crippen LogP contribution in [-0.2, 0) is 16.0 Å². The average molecular weight is 391 g/mol. The molecular weight excluding hydrogens is 356 g/mol. The van der Waals surface area contributed by atoms with Crippen molar-refractivity contribution in [2.75, 3.05) is 27.2 Å². The molecule has 0 aliphatic carbocycles. The molecule has 150 valence electrons. The molecule has 2 aliphatic rings. The van der Waals surface area contributed by atoms with Gasteiger partial charge in [-0.05, 0) is 42.4 Å². The Kier molecular flexibility index (Phi) is 3.45. The molecular formula is C22H28N2O4. The third-order valence-corrected chi connectivity index (χ3v) is 6.33. The maximum absolute atomic E-state index is 12.1. The number of hydrogen-bond donors (Lipinski definition) is 2. The molecule has 0 radical (unpaired) electrons. The molecule has 0 spiro atoms. The maximum Gasteiger partial charge on any atom is 0.334 e. The van der Waals surface area contributed by atoms with Crippen molar-refractivity contribution >= 4 is 16.9 Å². The normalized spacial score (nSPS) is 29.3. The van der Waals surface area contributed by atoms with E-state index < -0.39 is 26.0 Å². The highest BCUT2D eigenvalue weighted by atomic mass is 16.5. The molecule has 3 heterocycles. The van der Waals surface area contributed by atoms with Gasteiger partial charge >= 0.3 is 5.97 Å². The maximum atomic E-state index is 12.1. The predicted molar refractivity (Wildman–Crippen MR) is 107 cm³/mol. The van der Waals surface area contributed by atoms with Crippen molar-refractivity contribution in [2.24, 2.45) is 11.8 Å². The van der Waals surface area contributed by atoms with Gasteiger partial charge in [-0.25, -0.2) is 4.79 Å². The van der Waals surface area contributed by atoms with Gasteiger partial charge in [0.05, 0.1) is 40.2 Å². The van der Waals surface area contributed by atoms with Crippen LogP contribution in [0.4, 0.5) is 0 Å². The molecule has 28 heavy (non-hydrogen) atoms. The Hall–Kier alpha value is -2.47. The highest BCUT2D eigenvalue weighted by Crippen LogP contribution is 2.46. The zero-order valence-electron chi connectivity index (χ0n) is 21.7. The van der Waals surface area contributed by atoms with E-state index in [0.717, 1.165) is 41.4 Å². The number of piperidine rings is 1. The smallest absolute Gasteiger partial charge is 0.334 e. The number of fused-ring (bicyclic) bond motifs is 5. The van der Waals surface area contributed by atoms with Crippen LogP contribution in [0.5, 0.6) is 5.75 Å². The van der Waals surface area contributed by atoms with Crippen molar-refractivity contribution in [3.05, 3.63) is 41.3 Å². The Morgan fingerprint density at radius 2 is 2.36 bits per heavy atom. The van der Waals surface area contributed by atoms with Gasteiger partial charge in [-0.15, -0.1) is 0 Å². The van der Waals surface area contributed by atoms with Gasteiger partial charge in [0.15, 0.2) is 0 Å². The zero-order chi connectivity index (χ0) is 24.8. The van der Waals surface area contributed by atoms with E-state index >= 15 is 0 Å². The molecule has 6 heteroatoms. The molecule has 6 nitrogen and oxygen atoms in total. The third-order valence-electron chi connectivity index (χ3n) is 6.33. The molecule has 1 saturated heterocycles. The molecule has 4 rings (SSSR count). The van der Waals surface area contributed by atoms with Gasteiger partial charge < -0.3 is 19.6 Å². The summed E-state index contributed by atoms with van der Waals surface area (Å²) in [6, 6.07) is 5.12. The number of rotatable bonds is 5. The van der Waals surface area contributed by atoms with Crippen LogP contribution in [0.15, 0.2) is 30.0 Å². The molecule has 3 atom stereocenters. The van der Waals surface area contributed by atoms with E-state index in [9.17, 15) is 9.90 Å². The van der Waals surface area contributed by atoms with Crippen molar-refractivity contribution in [1.82, 2.24) is 9.88 Å². The zero-order valence-corrected chi connectivity index (χ0v) is 15.7. The van der Waals surface area contributed by atoms with Crippen LogP contribution in [0.3, 0.4) is 0 Å². The van der Waals surface area contributed by atoms with Gasteiger partial charge in [-0.1, -0.05) is 19.4 Å². The molecule has 0 unspecified atom stereocenters. The lowest BCUT2D eigenvalue weighted by atomic mass is 9.74. The summed E-state index contributed by atoms with van der Waals surface area (Å²) in [6.07, 6.45) is 2.80. The lowest BCUT2D eigenvalue weighted by Gasteiger charge is -2.46. The first-order chi connectivity index (χ1) is 15.9. The molecule has 1 aromatic heterocycles. The minimum Gasteiger partial charge on any atom is -0.504 e. The first kappa shape index (κ1) is 12.9. The Labute approximate surface area is 173 Å². The lowest BCUT2D eigenvalue weighted by molar-refractivity contribution is -0.134. The summed E-state index contributed by atoms with van der Waals surface area (Å²) in [5.41, 5.74) is 2.62. The van der Waals surface area contributed by atoms with Crippen LogP contribution in [0.2, 0.25) is 0 Å². The summed E-state index contributed by atoms with van der Waals surface area (Å²) < 4.78 is 54.4. The van der Waals surface area contributed by atoms with Crippen molar-refractivity contribution in [3.63, 3.8) is 0 Å². The number of ether oxygens (including phenoxy) is 2. The number of carboxylic acids is 1. The average Bonchev–Trinajstić information content (AvgIpc) is 3.11. The summed E-state index contributed by atoms with van der Waals surface area (Å²) in [6.45, 7) is 3.41. The number of carboxylic acid groups (broad SMARTS) is 1. The number of carbonyl (C=O) groups is 1. The second kappa shape index (κ2) is 7.51. The molecule has 2 aliphatic heterocycles. The van der Waals surface area contributed by atoms with Gasteiger partial charge in [0.25, 0.3) is 0 Å². The number of aromatic nitrogens is 1. The van der Waals surface area contributed by atoms with E-state index in [0.29, 0.717) is 25.1 Å². The fraction of sp³-hybridized carbons (Fsp3) is 0.500. The summed E-state index contributed by atoms with van der Waals surface area (Å²) in [4.78, 5) is 17.8. The molecule has 0 amide bonds. The largest absolute Gasteiger partial charge is 0.504 e. The molecule has 1 aromatic carbocycles. The second-order valence-corrected chi connectivity index (χ2v) is 7.57. The summed E-state index contributed by atoms with van der Waals surface area (Å²) in [5.74, 6) is -1.28. The number of hydrogen-bond acceptors (Lipinski definition) is 4. The predicted octanol–water partition coefficient (Wildman–Crippen LogP) is 3.74. The van der Waals surface area contributed by atoms with Gasteiger partial charge in [0.2, 0.25) is 0 Å². The molecule has 2 aromatic rings. The van der Waals surface area contributed by atoms with Crippen molar-refractivity contribution < 1.29 is 27.6 Å². The van der Waals surface area contributed by atoms with Gasteiger partial charge in [-0.2, -0.15) is 0 Å². The third kappa shape index (κ3) is 2.96. The van der Waals surface area contributed by atoms with E-state index in [-0.39, 0.29) is 17.5 Å². The number of aliphatic carboxylic acids is 1. The molecule has 2 N–H and O–H groups in total. The Balaban J connectivity index is 1.74. The second-order valence-electron chi connectivity index (χ2n) is 7.57. The Morgan fingerprint density at radius 3 is 3.11 bits per heavy atom. The van der Waals surface area contributed by atoms with Gasteiger partial charge in [0, 0.05) is 29.7 Å². The highest BCUT2D eigenvalue weighted by Gasteiger charge is 2.42. The van der Waals surface area contributed by atoms with E-state index in [1.54, 1.807) is 12.1 Å². The van der Waals surface area contributed by atoms with Crippen LogP contribution in [0.1, 0.15) is 45.3 Å². The van der Waals surface area contributed by atoms with Crippen LogP contribution in [-0.4, -0.2) is 48.1 Å². The minimum atomic E-state index is -2.72. The van der Waals surface area contributed by atoms with Crippen molar-refractivity contribution in [2.45, 2.75) is 32.2 Å².